The molecule has 0 bridgehead atoms. The Morgan fingerprint density at radius 2 is 1.81 bits per heavy atom. The topological polar surface area (TPSA) is 40.5 Å². The van der Waals surface area contributed by atoms with Gasteiger partial charge in [0.1, 0.15) is 0 Å². The molecule has 0 heterocycles. The van der Waals surface area contributed by atoms with Gasteiger partial charge in [0.2, 0.25) is 0 Å². The average molecular weight is 306 g/mol. The van der Waals surface area contributed by atoms with Gasteiger partial charge in [0.05, 0.1) is 11.7 Å². The van der Waals surface area contributed by atoms with E-state index in [0.717, 1.165) is 32.1 Å². The van der Waals surface area contributed by atoms with Crippen LogP contribution in [0.3, 0.4) is 0 Å². The molecule has 2 aliphatic carbocycles. The first-order chi connectivity index (χ1) is 9.95. The number of rotatable bonds is 2. The van der Waals surface area contributed by atoms with E-state index in [4.69, 9.17) is 0 Å². The van der Waals surface area contributed by atoms with Crippen LogP contribution in [0.4, 0.5) is 0 Å². The molecule has 2 N–H and O–H groups in total. The van der Waals surface area contributed by atoms with Gasteiger partial charge >= 0.3 is 0 Å². The molecule has 1 aromatic rings. The molecule has 0 amide bonds. The van der Waals surface area contributed by atoms with Crippen molar-refractivity contribution in [2.45, 2.75) is 67.8 Å². The zero-order valence-electron chi connectivity index (χ0n) is 13.0. The van der Waals surface area contributed by atoms with Crippen LogP contribution in [0.15, 0.2) is 35.2 Å². The van der Waals surface area contributed by atoms with Crippen molar-refractivity contribution in [1.82, 2.24) is 0 Å². The molecule has 1 aromatic carbocycles. The summed E-state index contributed by atoms with van der Waals surface area (Å²) in [4.78, 5) is 1.28. The van der Waals surface area contributed by atoms with Crippen molar-refractivity contribution < 1.29 is 10.2 Å². The first-order valence-electron chi connectivity index (χ1n) is 8.07. The third kappa shape index (κ3) is 2.64. The van der Waals surface area contributed by atoms with Gasteiger partial charge in [-0.2, -0.15) is 0 Å². The van der Waals surface area contributed by atoms with E-state index in [2.05, 4.69) is 31.2 Å². The summed E-state index contributed by atoms with van der Waals surface area (Å²) in [6.07, 6.45) is 4.42. The van der Waals surface area contributed by atoms with Crippen LogP contribution in [-0.2, 0) is 0 Å². The molecule has 0 radical (unpaired) electrons. The highest BCUT2D eigenvalue weighted by atomic mass is 32.2. The van der Waals surface area contributed by atoms with Crippen LogP contribution in [-0.4, -0.2) is 27.2 Å². The molecule has 2 fully saturated rings. The lowest BCUT2D eigenvalue weighted by atomic mass is 9.53. The Morgan fingerprint density at radius 1 is 1.14 bits per heavy atom. The minimum absolute atomic E-state index is 0.0284. The second-order valence-electron chi connectivity index (χ2n) is 7.18. The molecule has 2 saturated carbocycles. The molecule has 3 rings (SSSR count). The standard InChI is InChI=1S/C18H26O2S/c1-13-16(19)9-11-17(2)10-8-15(12-18(13,17)20)21-14-6-4-3-5-7-14/h3-7,13,15-16,19-20H,8-12H2,1-2H3/t13-,15+,16?,17+,18+/m0/s1. The summed E-state index contributed by atoms with van der Waals surface area (Å²) in [6.45, 7) is 4.25. The van der Waals surface area contributed by atoms with Gasteiger partial charge in [0, 0.05) is 16.1 Å². The summed E-state index contributed by atoms with van der Waals surface area (Å²) in [7, 11) is 0. The molecule has 0 aliphatic heterocycles. The summed E-state index contributed by atoms with van der Waals surface area (Å²) in [5, 5.41) is 22.0. The normalized spacial score (nSPS) is 43.3. The molecule has 2 aliphatic rings. The Hall–Kier alpha value is -0.510. The zero-order valence-corrected chi connectivity index (χ0v) is 13.8. The highest BCUT2D eigenvalue weighted by molar-refractivity contribution is 8.00. The van der Waals surface area contributed by atoms with Crippen molar-refractivity contribution in [2.24, 2.45) is 11.3 Å². The quantitative estimate of drug-likeness (QED) is 0.871. The molecule has 0 spiro atoms. The fraction of sp³-hybridized carbons (Fsp3) is 0.667. The van der Waals surface area contributed by atoms with Crippen LogP contribution in [0.1, 0.15) is 46.0 Å². The van der Waals surface area contributed by atoms with E-state index in [0.29, 0.717) is 5.25 Å². The lowest BCUT2D eigenvalue weighted by Crippen LogP contribution is -2.61. The van der Waals surface area contributed by atoms with Gasteiger partial charge in [0.25, 0.3) is 0 Å². The number of hydrogen-bond acceptors (Lipinski definition) is 3. The lowest BCUT2D eigenvalue weighted by molar-refractivity contribution is -0.194. The largest absolute Gasteiger partial charge is 0.393 e. The maximum Gasteiger partial charge on any atom is 0.0761 e. The number of benzene rings is 1. The monoisotopic (exact) mass is 306 g/mol. The number of thioether (sulfide) groups is 1. The van der Waals surface area contributed by atoms with Crippen LogP contribution in [0.25, 0.3) is 0 Å². The Bertz CT molecular complexity index is 491. The zero-order chi connectivity index (χ0) is 15.1. The number of aliphatic hydroxyl groups is 2. The second kappa shape index (κ2) is 5.60. The molecule has 116 valence electrons. The van der Waals surface area contributed by atoms with Crippen LogP contribution in [0.2, 0.25) is 0 Å². The van der Waals surface area contributed by atoms with Crippen molar-refractivity contribution in [1.29, 1.82) is 0 Å². The van der Waals surface area contributed by atoms with E-state index >= 15 is 0 Å². The smallest absolute Gasteiger partial charge is 0.0761 e. The summed E-state index contributed by atoms with van der Waals surface area (Å²) in [5.74, 6) is -0.0320. The summed E-state index contributed by atoms with van der Waals surface area (Å²) in [6, 6.07) is 10.5. The van der Waals surface area contributed by atoms with Crippen LogP contribution in [0.5, 0.6) is 0 Å². The van der Waals surface area contributed by atoms with E-state index in [1.54, 1.807) is 0 Å². The maximum atomic E-state index is 11.4. The molecular formula is C18H26O2S. The van der Waals surface area contributed by atoms with Crippen molar-refractivity contribution in [3.63, 3.8) is 0 Å². The predicted octanol–water partition coefficient (Wildman–Crippen LogP) is 3.86. The highest BCUT2D eigenvalue weighted by Gasteiger charge is 2.57. The van der Waals surface area contributed by atoms with Gasteiger partial charge in [-0.3, -0.25) is 0 Å². The van der Waals surface area contributed by atoms with Crippen LogP contribution >= 0.6 is 11.8 Å². The predicted molar refractivity (Wildman–Crippen MR) is 87.4 cm³/mol. The average Bonchev–Trinajstić information content (AvgIpc) is 2.48. The van der Waals surface area contributed by atoms with Gasteiger partial charge in [-0.05, 0) is 49.7 Å². The molecule has 2 nitrogen and oxygen atoms in total. The first-order valence-corrected chi connectivity index (χ1v) is 8.95. The molecule has 3 heteroatoms. The van der Waals surface area contributed by atoms with Gasteiger partial charge < -0.3 is 10.2 Å². The summed E-state index contributed by atoms with van der Waals surface area (Å²) in [5.41, 5.74) is -0.755. The van der Waals surface area contributed by atoms with Crippen LogP contribution in [0, 0.1) is 11.3 Å². The molecule has 0 aromatic heterocycles. The molecule has 21 heavy (non-hydrogen) atoms. The van der Waals surface area contributed by atoms with Gasteiger partial charge in [-0.25, -0.2) is 0 Å². The SMILES string of the molecule is C[C@H]1C(O)CC[C@@]2(C)CC[C@@H](Sc3ccccc3)C[C@@]12O. The van der Waals surface area contributed by atoms with Gasteiger partial charge in [-0.1, -0.05) is 32.0 Å². The second-order valence-corrected chi connectivity index (χ2v) is 8.55. The van der Waals surface area contributed by atoms with Crippen molar-refractivity contribution >= 4 is 11.8 Å². The third-order valence-corrected chi connectivity index (χ3v) is 7.25. The minimum atomic E-state index is -0.727. The van der Waals surface area contributed by atoms with Crippen molar-refractivity contribution in [2.75, 3.05) is 0 Å². The van der Waals surface area contributed by atoms with Crippen molar-refractivity contribution in [3.05, 3.63) is 30.3 Å². The van der Waals surface area contributed by atoms with Crippen LogP contribution < -0.4 is 0 Å². The lowest BCUT2D eigenvalue weighted by Gasteiger charge is -2.58. The fourth-order valence-corrected chi connectivity index (χ4v) is 5.57. The van der Waals surface area contributed by atoms with E-state index in [9.17, 15) is 10.2 Å². The Balaban J connectivity index is 1.78. The molecule has 5 atom stereocenters. The number of hydrogen-bond donors (Lipinski definition) is 2. The van der Waals surface area contributed by atoms with E-state index in [1.807, 2.05) is 24.8 Å². The highest BCUT2D eigenvalue weighted by Crippen LogP contribution is 2.57. The number of fused-ring (bicyclic) bond motifs is 1. The molecule has 1 unspecified atom stereocenters. The third-order valence-electron chi connectivity index (χ3n) is 5.97. The van der Waals surface area contributed by atoms with Gasteiger partial charge in [0.15, 0.2) is 0 Å². The van der Waals surface area contributed by atoms with Crippen molar-refractivity contribution in [3.8, 4) is 0 Å². The van der Waals surface area contributed by atoms with Gasteiger partial charge in [-0.15, -0.1) is 11.8 Å². The maximum absolute atomic E-state index is 11.4. The van der Waals surface area contributed by atoms with E-state index in [-0.39, 0.29) is 17.4 Å². The van der Waals surface area contributed by atoms with E-state index in [1.165, 1.54) is 4.90 Å². The molecule has 0 saturated heterocycles. The Morgan fingerprint density at radius 3 is 2.52 bits per heavy atom. The summed E-state index contributed by atoms with van der Waals surface area (Å²) >= 11 is 1.88. The Kier molecular flexibility index (Phi) is 4.10. The number of aliphatic hydroxyl groups excluding tert-OH is 1. The van der Waals surface area contributed by atoms with E-state index < -0.39 is 5.60 Å². The molecular weight excluding hydrogens is 280 g/mol. The first kappa shape index (κ1) is 15.4. The fourth-order valence-electron chi connectivity index (χ4n) is 4.30. The minimum Gasteiger partial charge on any atom is -0.393 e. The Labute approximate surface area is 132 Å². The summed E-state index contributed by atoms with van der Waals surface area (Å²) < 4.78 is 0.